The summed E-state index contributed by atoms with van der Waals surface area (Å²) in [5.74, 6) is -2.21. The molecule has 0 saturated carbocycles. The van der Waals surface area contributed by atoms with E-state index in [2.05, 4.69) is 20.7 Å². The highest BCUT2D eigenvalue weighted by molar-refractivity contribution is 9.10. The van der Waals surface area contributed by atoms with Crippen LogP contribution >= 0.6 is 15.9 Å². The summed E-state index contributed by atoms with van der Waals surface area (Å²) in [7, 11) is -3.99. The standard InChI is InChI=1S/C12H9BrF2N2O2S/c13-7-1-4-11(16)12(5-7)20(18,19)17-8-2-3-9(14)10(15)6-8/h1-6,17H,16H2. The van der Waals surface area contributed by atoms with Gasteiger partial charge in [0.15, 0.2) is 11.6 Å². The second-order valence-electron chi connectivity index (χ2n) is 3.92. The van der Waals surface area contributed by atoms with Crippen LogP contribution in [-0.4, -0.2) is 8.42 Å². The Morgan fingerprint density at radius 1 is 1.05 bits per heavy atom. The van der Waals surface area contributed by atoms with Gasteiger partial charge in [-0.05, 0) is 30.3 Å². The fourth-order valence-electron chi connectivity index (χ4n) is 1.51. The molecule has 0 atom stereocenters. The van der Waals surface area contributed by atoms with Crippen LogP contribution in [0.4, 0.5) is 20.2 Å². The fourth-order valence-corrected chi connectivity index (χ4v) is 3.23. The number of sulfonamides is 1. The number of hydrogen-bond acceptors (Lipinski definition) is 3. The van der Waals surface area contributed by atoms with Crippen molar-refractivity contribution in [2.45, 2.75) is 4.90 Å². The molecule has 0 aromatic heterocycles. The Balaban J connectivity index is 2.40. The molecular weight excluding hydrogens is 354 g/mol. The van der Waals surface area contributed by atoms with E-state index in [1.54, 1.807) is 6.07 Å². The normalized spacial score (nSPS) is 11.3. The molecule has 0 saturated heterocycles. The van der Waals surface area contributed by atoms with Gasteiger partial charge in [-0.3, -0.25) is 4.72 Å². The van der Waals surface area contributed by atoms with Crippen LogP contribution in [-0.2, 0) is 10.0 Å². The second-order valence-corrected chi connectivity index (χ2v) is 6.48. The molecule has 0 aliphatic carbocycles. The lowest BCUT2D eigenvalue weighted by molar-refractivity contribution is 0.509. The molecule has 2 rings (SSSR count). The SMILES string of the molecule is Nc1ccc(Br)cc1S(=O)(=O)Nc1ccc(F)c(F)c1. The molecule has 0 aliphatic rings. The maximum Gasteiger partial charge on any atom is 0.263 e. The Kier molecular flexibility index (Phi) is 3.96. The lowest BCUT2D eigenvalue weighted by Gasteiger charge is -2.10. The fraction of sp³-hybridized carbons (Fsp3) is 0. The third-order valence-corrected chi connectivity index (χ3v) is 4.37. The van der Waals surface area contributed by atoms with Gasteiger partial charge in [0.25, 0.3) is 10.0 Å². The number of rotatable bonds is 3. The van der Waals surface area contributed by atoms with Crippen LogP contribution in [0.1, 0.15) is 0 Å². The van der Waals surface area contributed by atoms with E-state index >= 15 is 0 Å². The first kappa shape index (κ1) is 14.7. The molecule has 0 spiro atoms. The minimum absolute atomic E-state index is 0.0447. The Labute approximate surface area is 122 Å². The molecule has 4 nitrogen and oxygen atoms in total. The maximum absolute atomic E-state index is 13.1. The summed E-state index contributed by atoms with van der Waals surface area (Å²) in [5.41, 5.74) is 5.56. The zero-order valence-corrected chi connectivity index (χ0v) is 12.3. The van der Waals surface area contributed by atoms with Crippen molar-refractivity contribution in [3.8, 4) is 0 Å². The maximum atomic E-state index is 13.1. The quantitative estimate of drug-likeness (QED) is 0.824. The molecule has 2 aromatic carbocycles. The highest BCUT2D eigenvalue weighted by Crippen LogP contribution is 2.25. The molecule has 0 aliphatic heterocycles. The molecular formula is C12H9BrF2N2O2S. The van der Waals surface area contributed by atoms with Gasteiger partial charge in [-0.15, -0.1) is 0 Å². The first-order chi connectivity index (χ1) is 9.29. The minimum Gasteiger partial charge on any atom is -0.398 e. The van der Waals surface area contributed by atoms with Gasteiger partial charge in [-0.25, -0.2) is 17.2 Å². The van der Waals surface area contributed by atoms with Gasteiger partial charge in [0.05, 0.1) is 11.4 Å². The smallest absolute Gasteiger partial charge is 0.263 e. The van der Waals surface area contributed by atoms with Crippen LogP contribution in [0.15, 0.2) is 45.8 Å². The molecule has 106 valence electrons. The van der Waals surface area contributed by atoms with Gasteiger partial charge in [0.2, 0.25) is 0 Å². The molecule has 3 N–H and O–H groups in total. The van der Waals surface area contributed by atoms with Crippen molar-refractivity contribution in [2.24, 2.45) is 0 Å². The lowest BCUT2D eigenvalue weighted by atomic mass is 10.3. The van der Waals surface area contributed by atoms with Crippen LogP contribution in [0, 0.1) is 11.6 Å². The predicted molar refractivity (Wildman–Crippen MR) is 75.7 cm³/mol. The zero-order valence-electron chi connectivity index (χ0n) is 9.90. The number of nitrogens with two attached hydrogens (primary N) is 1. The molecule has 8 heteroatoms. The van der Waals surface area contributed by atoms with E-state index in [1.807, 2.05) is 0 Å². The molecule has 0 bridgehead atoms. The third kappa shape index (κ3) is 3.07. The summed E-state index contributed by atoms with van der Waals surface area (Å²) in [6, 6.07) is 7.02. The van der Waals surface area contributed by atoms with E-state index < -0.39 is 21.7 Å². The Bertz CT molecular complexity index is 766. The van der Waals surface area contributed by atoms with E-state index in [4.69, 9.17) is 5.73 Å². The molecule has 0 amide bonds. The van der Waals surface area contributed by atoms with E-state index in [-0.39, 0.29) is 16.3 Å². The summed E-state index contributed by atoms with van der Waals surface area (Å²) in [6.45, 7) is 0. The number of anilines is 2. The number of halogens is 3. The topological polar surface area (TPSA) is 72.2 Å². The van der Waals surface area contributed by atoms with Crippen molar-refractivity contribution in [3.63, 3.8) is 0 Å². The third-order valence-electron chi connectivity index (χ3n) is 2.44. The molecule has 20 heavy (non-hydrogen) atoms. The lowest BCUT2D eigenvalue weighted by Crippen LogP contribution is -2.15. The van der Waals surface area contributed by atoms with Gasteiger partial charge in [0.1, 0.15) is 4.90 Å². The van der Waals surface area contributed by atoms with E-state index in [1.165, 1.54) is 12.1 Å². The van der Waals surface area contributed by atoms with Gasteiger partial charge < -0.3 is 5.73 Å². The molecule has 0 unspecified atom stereocenters. The van der Waals surface area contributed by atoms with Crippen LogP contribution < -0.4 is 10.5 Å². The zero-order chi connectivity index (χ0) is 14.9. The van der Waals surface area contributed by atoms with Crippen LogP contribution in [0.2, 0.25) is 0 Å². The first-order valence-electron chi connectivity index (χ1n) is 5.32. The van der Waals surface area contributed by atoms with Crippen molar-refractivity contribution in [2.75, 3.05) is 10.5 Å². The molecule has 2 aromatic rings. The average molecular weight is 363 g/mol. The Morgan fingerprint density at radius 2 is 1.75 bits per heavy atom. The number of hydrogen-bond donors (Lipinski definition) is 2. The largest absolute Gasteiger partial charge is 0.398 e. The van der Waals surface area contributed by atoms with Crippen molar-refractivity contribution in [1.29, 1.82) is 0 Å². The molecule has 0 heterocycles. The van der Waals surface area contributed by atoms with Crippen molar-refractivity contribution >= 4 is 37.3 Å². The van der Waals surface area contributed by atoms with Gasteiger partial charge >= 0.3 is 0 Å². The predicted octanol–water partition coefficient (Wildman–Crippen LogP) is 3.11. The van der Waals surface area contributed by atoms with Gasteiger partial charge in [0, 0.05) is 10.5 Å². The van der Waals surface area contributed by atoms with Gasteiger partial charge in [-0.1, -0.05) is 15.9 Å². The van der Waals surface area contributed by atoms with Crippen LogP contribution in [0.3, 0.4) is 0 Å². The van der Waals surface area contributed by atoms with Crippen LogP contribution in [0.5, 0.6) is 0 Å². The summed E-state index contributed by atoms with van der Waals surface area (Å²) in [5, 5.41) is 0. The highest BCUT2D eigenvalue weighted by atomic mass is 79.9. The van der Waals surface area contributed by atoms with E-state index in [9.17, 15) is 17.2 Å². The van der Waals surface area contributed by atoms with E-state index in [0.717, 1.165) is 18.2 Å². The minimum atomic E-state index is -3.99. The summed E-state index contributed by atoms with van der Waals surface area (Å²) < 4.78 is 52.8. The number of nitrogens with one attached hydrogen (secondary N) is 1. The van der Waals surface area contributed by atoms with Crippen molar-refractivity contribution < 1.29 is 17.2 Å². The first-order valence-corrected chi connectivity index (χ1v) is 7.60. The summed E-state index contributed by atoms with van der Waals surface area (Å²) >= 11 is 3.14. The number of benzene rings is 2. The summed E-state index contributed by atoms with van der Waals surface area (Å²) in [4.78, 5) is -0.156. The van der Waals surface area contributed by atoms with Crippen LogP contribution in [0.25, 0.3) is 0 Å². The Morgan fingerprint density at radius 3 is 2.40 bits per heavy atom. The Hall–Kier alpha value is -1.67. The second kappa shape index (κ2) is 5.37. The van der Waals surface area contributed by atoms with Gasteiger partial charge in [-0.2, -0.15) is 0 Å². The molecule has 0 radical (unpaired) electrons. The highest BCUT2D eigenvalue weighted by Gasteiger charge is 2.18. The van der Waals surface area contributed by atoms with Crippen molar-refractivity contribution in [3.05, 3.63) is 52.5 Å². The van der Waals surface area contributed by atoms with Crippen molar-refractivity contribution in [1.82, 2.24) is 0 Å². The van der Waals surface area contributed by atoms with E-state index in [0.29, 0.717) is 4.47 Å². The summed E-state index contributed by atoms with van der Waals surface area (Å²) in [6.07, 6.45) is 0. The number of nitrogen functional groups attached to an aromatic ring is 1. The monoisotopic (exact) mass is 362 g/mol. The average Bonchev–Trinajstić information content (AvgIpc) is 2.36. The molecule has 0 fully saturated rings.